The van der Waals surface area contributed by atoms with Crippen molar-refractivity contribution in [3.05, 3.63) is 105 Å². The van der Waals surface area contributed by atoms with Crippen molar-refractivity contribution in [3.63, 3.8) is 0 Å². The van der Waals surface area contributed by atoms with Crippen molar-refractivity contribution in [3.8, 4) is 11.4 Å². The Morgan fingerprint density at radius 2 is 1.57 bits per heavy atom. The minimum atomic E-state index is -0.192. The minimum Gasteiger partial charge on any atom is -0.324 e. The first-order valence-corrected chi connectivity index (χ1v) is 10.8. The lowest BCUT2D eigenvalue weighted by Crippen LogP contribution is -2.20. The van der Waals surface area contributed by atoms with Gasteiger partial charge >= 0.3 is 0 Å². The Bertz CT molecular complexity index is 1250. The van der Waals surface area contributed by atoms with Crippen LogP contribution in [0.3, 0.4) is 0 Å². The molecule has 0 amide bonds. The zero-order valence-corrected chi connectivity index (χ0v) is 18.7. The number of anilines is 1. The number of hydrogen-bond donors (Lipinski definition) is 1. The predicted molar refractivity (Wildman–Crippen MR) is 126 cm³/mol. The molecule has 0 saturated carbocycles. The Kier molecular flexibility index (Phi) is 5.11. The van der Waals surface area contributed by atoms with E-state index in [2.05, 4.69) is 39.5 Å². The van der Waals surface area contributed by atoms with Crippen LogP contribution >= 0.6 is 39.1 Å². The second kappa shape index (κ2) is 7.91. The Balaban J connectivity index is 1.64. The third-order valence-electron chi connectivity index (χ3n) is 4.95. The first-order valence-electron chi connectivity index (χ1n) is 9.30. The summed E-state index contributed by atoms with van der Waals surface area (Å²) in [6.07, 6.45) is 2.12. The van der Waals surface area contributed by atoms with Gasteiger partial charge in [0.25, 0.3) is 0 Å². The van der Waals surface area contributed by atoms with Crippen LogP contribution in [0, 0.1) is 0 Å². The van der Waals surface area contributed by atoms with Gasteiger partial charge in [-0.25, -0.2) is 4.68 Å². The molecule has 5 rings (SSSR count). The fraction of sp³-hybridized carbons (Fsp3) is 0.0435. The molecule has 1 aromatic heterocycles. The summed E-state index contributed by atoms with van der Waals surface area (Å²) in [5, 5.41) is 9.56. The number of fused-ring (bicyclic) bond motifs is 1. The number of aromatic nitrogens is 3. The SMILES string of the molecule is Clc1ccc(-c2nc3n(n2)C(c2ccccc2Cl)C=C(c2ccc(Br)cc2)N3)cc1. The van der Waals surface area contributed by atoms with Gasteiger partial charge in [-0.2, -0.15) is 4.98 Å². The standard InChI is InChI=1S/C23H15BrCl2N4/c24-16-9-5-14(6-10-16)20-13-21(18-3-1-2-4-19(18)26)30-23(27-20)28-22(29-30)15-7-11-17(25)12-8-15/h1-13,21H,(H,27,28,29). The molecule has 0 saturated heterocycles. The molecule has 7 heteroatoms. The summed E-state index contributed by atoms with van der Waals surface area (Å²) >= 11 is 16.1. The number of nitrogens with zero attached hydrogens (tertiary/aromatic N) is 3. The minimum absolute atomic E-state index is 0.192. The largest absolute Gasteiger partial charge is 0.324 e. The van der Waals surface area contributed by atoms with E-state index in [0.29, 0.717) is 21.8 Å². The number of allylic oxidation sites excluding steroid dienone is 1. The second-order valence-electron chi connectivity index (χ2n) is 6.89. The average molecular weight is 498 g/mol. The van der Waals surface area contributed by atoms with Gasteiger partial charge in [-0.3, -0.25) is 0 Å². The van der Waals surface area contributed by atoms with Gasteiger partial charge in [0.05, 0.1) is 0 Å². The van der Waals surface area contributed by atoms with E-state index in [-0.39, 0.29) is 6.04 Å². The number of nitrogens with one attached hydrogen (secondary N) is 1. The van der Waals surface area contributed by atoms with Gasteiger partial charge in [0, 0.05) is 25.8 Å². The van der Waals surface area contributed by atoms with Crippen LogP contribution in [0.15, 0.2) is 83.3 Å². The highest BCUT2D eigenvalue weighted by Crippen LogP contribution is 2.36. The third kappa shape index (κ3) is 3.65. The molecule has 3 aromatic carbocycles. The van der Waals surface area contributed by atoms with E-state index in [1.807, 2.05) is 65.3 Å². The number of rotatable bonds is 3. The van der Waals surface area contributed by atoms with E-state index in [4.69, 9.17) is 33.3 Å². The van der Waals surface area contributed by atoms with Crippen molar-refractivity contribution in [2.24, 2.45) is 0 Å². The molecular formula is C23H15BrCl2N4. The molecule has 4 aromatic rings. The van der Waals surface area contributed by atoms with Crippen LogP contribution in [0.2, 0.25) is 10.0 Å². The summed E-state index contributed by atoms with van der Waals surface area (Å²) in [5.74, 6) is 1.28. The molecule has 4 nitrogen and oxygen atoms in total. The third-order valence-corrected chi connectivity index (χ3v) is 6.07. The topological polar surface area (TPSA) is 42.7 Å². The first kappa shape index (κ1) is 19.4. The Morgan fingerprint density at radius 3 is 2.30 bits per heavy atom. The molecule has 1 aliphatic rings. The van der Waals surface area contributed by atoms with E-state index < -0.39 is 0 Å². The molecule has 0 fully saturated rings. The molecule has 0 bridgehead atoms. The summed E-state index contributed by atoms with van der Waals surface area (Å²) in [5.41, 5.74) is 3.86. The summed E-state index contributed by atoms with van der Waals surface area (Å²) in [6.45, 7) is 0. The molecule has 1 unspecified atom stereocenters. The van der Waals surface area contributed by atoms with Gasteiger partial charge in [-0.15, -0.1) is 5.10 Å². The van der Waals surface area contributed by atoms with Crippen LogP contribution in [0.4, 0.5) is 5.95 Å². The van der Waals surface area contributed by atoms with Crippen molar-refractivity contribution < 1.29 is 0 Å². The molecule has 2 heterocycles. The molecule has 0 radical (unpaired) electrons. The van der Waals surface area contributed by atoms with Crippen molar-refractivity contribution in [2.45, 2.75) is 6.04 Å². The smallest absolute Gasteiger partial charge is 0.227 e. The number of benzene rings is 3. The first-order chi connectivity index (χ1) is 14.6. The van der Waals surface area contributed by atoms with E-state index in [1.54, 1.807) is 0 Å². The zero-order valence-electron chi connectivity index (χ0n) is 15.6. The van der Waals surface area contributed by atoms with Crippen LogP contribution < -0.4 is 5.32 Å². The fourth-order valence-corrected chi connectivity index (χ4v) is 4.09. The summed E-state index contributed by atoms with van der Waals surface area (Å²) in [4.78, 5) is 4.75. The molecular weight excluding hydrogens is 483 g/mol. The Morgan fingerprint density at radius 1 is 0.867 bits per heavy atom. The maximum Gasteiger partial charge on any atom is 0.227 e. The number of halogens is 3. The Labute approximate surface area is 192 Å². The van der Waals surface area contributed by atoms with Crippen LogP contribution in [0.25, 0.3) is 17.1 Å². The van der Waals surface area contributed by atoms with Gasteiger partial charge in [0.2, 0.25) is 5.95 Å². The monoisotopic (exact) mass is 496 g/mol. The average Bonchev–Trinajstić information content (AvgIpc) is 3.19. The quantitative estimate of drug-likeness (QED) is 0.329. The van der Waals surface area contributed by atoms with Crippen LogP contribution in [-0.2, 0) is 0 Å². The van der Waals surface area contributed by atoms with E-state index >= 15 is 0 Å². The molecule has 1 aliphatic heterocycles. The van der Waals surface area contributed by atoms with Crippen molar-refractivity contribution in [2.75, 3.05) is 5.32 Å². The maximum absolute atomic E-state index is 6.55. The van der Waals surface area contributed by atoms with Crippen LogP contribution in [0.5, 0.6) is 0 Å². The molecule has 0 aliphatic carbocycles. The molecule has 30 heavy (non-hydrogen) atoms. The second-order valence-corrected chi connectivity index (χ2v) is 8.65. The van der Waals surface area contributed by atoms with E-state index in [0.717, 1.165) is 26.9 Å². The molecule has 1 N–H and O–H groups in total. The van der Waals surface area contributed by atoms with Gasteiger partial charge in [-0.1, -0.05) is 69.5 Å². The molecule has 148 valence electrons. The van der Waals surface area contributed by atoms with Crippen molar-refractivity contribution >= 4 is 50.8 Å². The predicted octanol–water partition coefficient (Wildman–Crippen LogP) is 7.07. The normalized spacial score (nSPS) is 15.3. The Hall–Kier alpha value is -2.60. The highest BCUT2D eigenvalue weighted by molar-refractivity contribution is 9.10. The zero-order chi connectivity index (χ0) is 20.7. The fourth-order valence-electron chi connectivity index (χ4n) is 3.45. The summed E-state index contributed by atoms with van der Waals surface area (Å²) in [6, 6.07) is 23.3. The van der Waals surface area contributed by atoms with Gasteiger partial charge in [-0.05, 0) is 59.7 Å². The molecule has 0 spiro atoms. The van der Waals surface area contributed by atoms with Crippen molar-refractivity contribution in [1.82, 2.24) is 14.8 Å². The number of hydrogen-bond acceptors (Lipinski definition) is 3. The molecule has 1 atom stereocenters. The van der Waals surface area contributed by atoms with Gasteiger partial charge < -0.3 is 5.32 Å². The van der Waals surface area contributed by atoms with Crippen molar-refractivity contribution in [1.29, 1.82) is 0 Å². The summed E-state index contributed by atoms with van der Waals surface area (Å²) in [7, 11) is 0. The van der Waals surface area contributed by atoms with Crippen LogP contribution in [-0.4, -0.2) is 14.8 Å². The maximum atomic E-state index is 6.55. The van der Waals surface area contributed by atoms with E-state index in [1.165, 1.54) is 0 Å². The van der Waals surface area contributed by atoms with E-state index in [9.17, 15) is 0 Å². The highest BCUT2D eigenvalue weighted by Gasteiger charge is 2.27. The van der Waals surface area contributed by atoms with Crippen LogP contribution in [0.1, 0.15) is 17.2 Å². The lowest BCUT2D eigenvalue weighted by Gasteiger charge is -2.25. The lowest BCUT2D eigenvalue weighted by molar-refractivity contribution is 0.613. The van der Waals surface area contributed by atoms with Gasteiger partial charge in [0.1, 0.15) is 6.04 Å². The lowest BCUT2D eigenvalue weighted by atomic mass is 10.0. The summed E-state index contributed by atoms with van der Waals surface area (Å²) < 4.78 is 2.89. The highest BCUT2D eigenvalue weighted by atomic mass is 79.9. The van der Waals surface area contributed by atoms with Gasteiger partial charge in [0.15, 0.2) is 5.82 Å².